The van der Waals surface area contributed by atoms with Gasteiger partial charge in [-0.15, -0.1) is 11.3 Å². The molecule has 2 aliphatic rings. The van der Waals surface area contributed by atoms with Crippen molar-refractivity contribution < 1.29 is 19.2 Å². The summed E-state index contributed by atoms with van der Waals surface area (Å²) in [6, 6.07) is 11.3. The minimum absolute atomic E-state index is 0.0541. The summed E-state index contributed by atoms with van der Waals surface area (Å²) in [6.45, 7) is 1.59. The smallest absolute Gasteiger partial charge is 0.318 e. The minimum Gasteiger partial charge on any atom is -0.318 e. The number of urea groups is 1. The fourth-order valence-corrected chi connectivity index (χ4v) is 3.76. The van der Waals surface area contributed by atoms with E-state index in [1.165, 1.54) is 6.07 Å². The van der Waals surface area contributed by atoms with Crippen LogP contribution in [0.2, 0.25) is 0 Å². The van der Waals surface area contributed by atoms with Crippen LogP contribution < -0.4 is 16.1 Å². The second-order valence-electron chi connectivity index (χ2n) is 6.93. The van der Waals surface area contributed by atoms with Gasteiger partial charge in [-0.1, -0.05) is 30.3 Å². The summed E-state index contributed by atoms with van der Waals surface area (Å²) in [6.07, 6.45) is 1.77. The van der Waals surface area contributed by atoms with E-state index < -0.39 is 23.4 Å². The summed E-state index contributed by atoms with van der Waals surface area (Å²) in [5, 5.41) is 6.63. The third kappa shape index (κ3) is 3.24. The van der Waals surface area contributed by atoms with Crippen molar-refractivity contribution in [3.8, 4) is 0 Å². The van der Waals surface area contributed by atoms with Crippen LogP contribution in [0.5, 0.6) is 0 Å². The van der Waals surface area contributed by atoms with Crippen LogP contribution >= 0.6 is 11.3 Å². The van der Waals surface area contributed by atoms with E-state index in [0.717, 1.165) is 24.2 Å². The Morgan fingerprint density at radius 2 is 1.86 bits per heavy atom. The SMILES string of the molecule is CC1(c2ccccc2)NC(=O)N(NC(=O)c2ccc(NC(=O)C3CC3)s2)C1=O. The second kappa shape index (κ2) is 6.75. The van der Waals surface area contributed by atoms with Crippen LogP contribution in [0.3, 0.4) is 0 Å². The lowest BCUT2D eigenvalue weighted by Crippen LogP contribution is -2.47. The van der Waals surface area contributed by atoms with E-state index in [1.54, 1.807) is 37.3 Å². The van der Waals surface area contributed by atoms with Crippen molar-refractivity contribution in [3.05, 3.63) is 52.9 Å². The Kier molecular flexibility index (Phi) is 4.38. The van der Waals surface area contributed by atoms with Crippen LogP contribution in [0.4, 0.5) is 9.80 Å². The van der Waals surface area contributed by atoms with Gasteiger partial charge in [0, 0.05) is 5.92 Å². The molecule has 1 aromatic heterocycles. The first kappa shape index (κ1) is 18.2. The zero-order chi connectivity index (χ0) is 19.9. The molecule has 3 N–H and O–H groups in total. The van der Waals surface area contributed by atoms with Crippen molar-refractivity contribution in [1.29, 1.82) is 0 Å². The van der Waals surface area contributed by atoms with Crippen molar-refractivity contribution >= 4 is 40.1 Å². The minimum atomic E-state index is -1.26. The van der Waals surface area contributed by atoms with E-state index >= 15 is 0 Å². The van der Waals surface area contributed by atoms with Gasteiger partial charge in [-0.2, -0.15) is 5.01 Å². The van der Waals surface area contributed by atoms with E-state index in [1.807, 2.05) is 6.07 Å². The van der Waals surface area contributed by atoms with E-state index in [4.69, 9.17) is 0 Å². The number of imide groups is 1. The maximum atomic E-state index is 12.8. The number of nitrogens with one attached hydrogen (secondary N) is 3. The van der Waals surface area contributed by atoms with Crippen molar-refractivity contribution in [2.45, 2.75) is 25.3 Å². The summed E-state index contributed by atoms with van der Waals surface area (Å²) >= 11 is 1.08. The van der Waals surface area contributed by atoms with Crippen molar-refractivity contribution in [1.82, 2.24) is 15.8 Å². The van der Waals surface area contributed by atoms with Gasteiger partial charge in [0.1, 0.15) is 5.54 Å². The Morgan fingerprint density at radius 1 is 1.14 bits per heavy atom. The monoisotopic (exact) mass is 398 g/mol. The Hall–Kier alpha value is -3.20. The number of rotatable bonds is 5. The first-order chi connectivity index (χ1) is 13.4. The standard InChI is InChI=1S/C19H18N4O4S/c1-19(12-5-3-2-4-6-12)17(26)23(18(27)21-19)22-16(25)13-9-10-14(28-13)20-15(24)11-7-8-11/h2-6,9-11H,7-8H2,1H3,(H,20,24)(H,21,27)(H,22,25). The molecule has 8 nitrogen and oxygen atoms in total. The normalized spacial score (nSPS) is 21.4. The number of anilines is 1. The molecule has 2 fully saturated rings. The van der Waals surface area contributed by atoms with Crippen LogP contribution in [-0.4, -0.2) is 28.8 Å². The van der Waals surface area contributed by atoms with Gasteiger partial charge in [-0.25, -0.2) is 4.79 Å². The molecule has 1 saturated carbocycles. The van der Waals surface area contributed by atoms with E-state index in [2.05, 4.69) is 16.1 Å². The van der Waals surface area contributed by atoms with Gasteiger partial charge in [-0.05, 0) is 37.5 Å². The maximum Gasteiger partial charge on any atom is 0.344 e. The molecule has 9 heteroatoms. The van der Waals surface area contributed by atoms with Gasteiger partial charge >= 0.3 is 6.03 Å². The predicted octanol–water partition coefficient (Wildman–Crippen LogP) is 2.21. The summed E-state index contributed by atoms with van der Waals surface area (Å²) in [5.74, 6) is -1.17. The summed E-state index contributed by atoms with van der Waals surface area (Å²) in [5.41, 5.74) is 1.71. The number of amides is 5. The fourth-order valence-electron chi connectivity index (χ4n) is 2.96. The van der Waals surface area contributed by atoms with Gasteiger partial charge < -0.3 is 10.6 Å². The predicted molar refractivity (Wildman–Crippen MR) is 102 cm³/mol. The molecule has 1 saturated heterocycles. The second-order valence-corrected chi connectivity index (χ2v) is 8.01. The Balaban J connectivity index is 1.46. The molecule has 1 aliphatic carbocycles. The highest BCUT2D eigenvalue weighted by atomic mass is 32.1. The van der Waals surface area contributed by atoms with E-state index in [9.17, 15) is 19.2 Å². The molecule has 1 aromatic carbocycles. The summed E-state index contributed by atoms with van der Waals surface area (Å²) in [4.78, 5) is 49.7. The number of carbonyl (C=O) groups excluding carboxylic acids is 4. The molecule has 1 unspecified atom stereocenters. The average Bonchev–Trinajstić information content (AvgIpc) is 3.40. The number of nitrogens with zero attached hydrogens (tertiary/aromatic N) is 1. The maximum absolute atomic E-state index is 12.8. The number of hydrazine groups is 1. The lowest BCUT2D eigenvalue weighted by Gasteiger charge is -2.21. The van der Waals surface area contributed by atoms with E-state index in [0.29, 0.717) is 15.6 Å². The van der Waals surface area contributed by atoms with Gasteiger partial charge in [0.05, 0.1) is 9.88 Å². The van der Waals surface area contributed by atoms with Crippen LogP contribution in [-0.2, 0) is 15.1 Å². The van der Waals surface area contributed by atoms with Crippen LogP contribution in [0.1, 0.15) is 35.0 Å². The third-order valence-corrected chi connectivity index (χ3v) is 5.78. The Bertz CT molecular complexity index is 969. The zero-order valence-electron chi connectivity index (χ0n) is 15.0. The highest BCUT2D eigenvalue weighted by molar-refractivity contribution is 7.18. The highest BCUT2D eigenvalue weighted by Gasteiger charge is 2.50. The van der Waals surface area contributed by atoms with Gasteiger partial charge in [0.25, 0.3) is 11.8 Å². The number of hydrogen-bond donors (Lipinski definition) is 3. The molecule has 2 aromatic rings. The molecule has 2 heterocycles. The number of benzene rings is 1. The number of thiophene rings is 1. The van der Waals surface area contributed by atoms with Gasteiger partial charge in [0.15, 0.2) is 0 Å². The molecule has 28 heavy (non-hydrogen) atoms. The van der Waals surface area contributed by atoms with Crippen LogP contribution in [0, 0.1) is 5.92 Å². The first-order valence-corrected chi connectivity index (χ1v) is 9.64. The molecule has 5 amide bonds. The van der Waals surface area contributed by atoms with Gasteiger partial charge in [-0.3, -0.25) is 19.8 Å². The molecule has 0 bridgehead atoms. The Labute approximate surface area is 164 Å². The number of hydrogen-bond acceptors (Lipinski definition) is 5. The third-order valence-electron chi connectivity index (χ3n) is 4.78. The molecule has 0 radical (unpaired) electrons. The lowest BCUT2D eigenvalue weighted by molar-refractivity contribution is -0.132. The van der Waals surface area contributed by atoms with E-state index in [-0.39, 0.29) is 16.7 Å². The lowest BCUT2D eigenvalue weighted by atomic mass is 9.92. The molecular weight excluding hydrogens is 380 g/mol. The van der Waals surface area contributed by atoms with Crippen LogP contribution in [0.15, 0.2) is 42.5 Å². The van der Waals surface area contributed by atoms with Crippen molar-refractivity contribution in [3.63, 3.8) is 0 Å². The average molecular weight is 398 g/mol. The Morgan fingerprint density at radius 3 is 2.54 bits per heavy atom. The topological polar surface area (TPSA) is 108 Å². The molecule has 144 valence electrons. The quantitative estimate of drug-likeness (QED) is 0.671. The fraction of sp³-hybridized carbons (Fsp3) is 0.263. The highest BCUT2D eigenvalue weighted by Crippen LogP contribution is 2.32. The zero-order valence-corrected chi connectivity index (χ0v) is 15.8. The summed E-state index contributed by atoms with van der Waals surface area (Å²) in [7, 11) is 0. The number of carbonyl (C=O) groups is 4. The van der Waals surface area contributed by atoms with Crippen LogP contribution in [0.25, 0.3) is 0 Å². The molecule has 0 spiro atoms. The summed E-state index contributed by atoms with van der Waals surface area (Å²) < 4.78 is 0. The first-order valence-electron chi connectivity index (χ1n) is 8.82. The molecule has 1 aliphatic heterocycles. The van der Waals surface area contributed by atoms with Crippen molar-refractivity contribution in [2.24, 2.45) is 5.92 Å². The van der Waals surface area contributed by atoms with Gasteiger partial charge in [0.2, 0.25) is 5.91 Å². The largest absolute Gasteiger partial charge is 0.344 e. The molecule has 4 rings (SSSR count). The molecule has 1 atom stereocenters. The van der Waals surface area contributed by atoms with Crippen molar-refractivity contribution in [2.75, 3.05) is 5.32 Å². The molecular formula is C19H18N4O4S.